The second-order valence-corrected chi connectivity index (χ2v) is 5.00. The molecule has 2 aromatic rings. The van der Waals surface area contributed by atoms with Gasteiger partial charge in [0.05, 0.1) is 17.5 Å². The summed E-state index contributed by atoms with van der Waals surface area (Å²) in [6, 6.07) is 6.86. The lowest BCUT2D eigenvalue weighted by atomic mass is 10.2. The summed E-state index contributed by atoms with van der Waals surface area (Å²) in [5.41, 5.74) is 3.44. The summed E-state index contributed by atoms with van der Waals surface area (Å²) in [5.74, 6) is 1.11. The molecule has 1 saturated carbocycles. The minimum Gasteiger partial charge on any atom is -0.324 e. The van der Waals surface area contributed by atoms with Crippen molar-refractivity contribution >= 4 is 16.8 Å². The van der Waals surface area contributed by atoms with Crippen LogP contribution in [0.4, 0.5) is 0 Å². The Morgan fingerprint density at radius 1 is 1.47 bits per heavy atom. The Labute approximate surface area is 100 Å². The third-order valence-corrected chi connectivity index (χ3v) is 3.24. The number of imidazole rings is 1. The molecule has 0 aliphatic heterocycles. The second-order valence-electron chi connectivity index (χ2n) is 5.00. The highest BCUT2D eigenvalue weighted by atomic mass is 16.1. The van der Waals surface area contributed by atoms with Gasteiger partial charge in [-0.05, 0) is 44.4 Å². The molecule has 1 aromatic carbocycles. The van der Waals surface area contributed by atoms with Crippen LogP contribution in [-0.2, 0) is 11.2 Å². The standard InChI is InChI=1S/C14H16N2O/c1-9-3-6-12-13(7-9)16(11-4-5-11)14(15-12)8-10(2)17/h3,6-7,11H,4-5,8H2,1-2H3. The predicted molar refractivity (Wildman–Crippen MR) is 67.1 cm³/mol. The van der Waals surface area contributed by atoms with Crippen LogP contribution in [0.2, 0.25) is 0 Å². The SMILES string of the molecule is CC(=O)Cc1nc2ccc(C)cc2n1C1CC1. The average molecular weight is 228 g/mol. The van der Waals surface area contributed by atoms with Gasteiger partial charge in [-0.15, -0.1) is 0 Å². The Kier molecular flexibility index (Phi) is 2.28. The molecule has 0 atom stereocenters. The molecule has 0 radical (unpaired) electrons. The summed E-state index contributed by atoms with van der Waals surface area (Å²) in [5, 5.41) is 0. The van der Waals surface area contributed by atoms with E-state index in [-0.39, 0.29) is 5.78 Å². The van der Waals surface area contributed by atoms with Gasteiger partial charge in [-0.25, -0.2) is 4.98 Å². The van der Waals surface area contributed by atoms with Gasteiger partial charge in [0.1, 0.15) is 11.6 Å². The maximum atomic E-state index is 11.3. The van der Waals surface area contributed by atoms with Crippen molar-refractivity contribution < 1.29 is 4.79 Å². The number of aromatic nitrogens is 2. The van der Waals surface area contributed by atoms with Gasteiger partial charge in [-0.1, -0.05) is 6.07 Å². The van der Waals surface area contributed by atoms with Crippen molar-refractivity contribution in [3.8, 4) is 0 Å². The minimum absolute atomic E-state index is 0.180. The third-order valence-electron chi connectivity index (χ3n) is 3.24. The number of ketones is 1. The maximum Gasteiger partial charge on any atom is 0.137 e. The van der Waals surface area contributed by atoms with Gasteiger partial charge in [0.25, 0.3) is 0 Å². The van der Waals surface area contributed by atoms with Gasteiger partial charge in [-0.2, -0.15) is 0 Å². The summed E-state index contributed by atoms with van der Waals surface area (Å²) in [6.07, 6.45) is 2.87. The summed E-state index contributed by atoms with van der Waals surface area (Å²) in [6.45, 7) is 3.72. The predicted octanol–water partition coefficient (Wildman–Crippen LogP) is 2.81. The Hall–Kier alpha value is -1.64. The van der Waals surface area contributed by atoms with Crippen molar-refractivity contribution in [2.75, 3.05) is 0 Å². The van der Waals surface area contributed by atoms with E-state index in [1.165, 1.54) is 23.9 Å². The Balaban J connectivity index is 2.20. The zero-order valence-corrected chi connectivity index (χ0v) is 10.2. The lowest BCUT2D eigenvalue weighted by Gasteiger charge is -2.06. The summed E-state index contributed by atoms with van der Waals surface area (Å²) in [4.78, 5) is 15.9. The first kappa shape index (κ1) is 10.5. The quantitative estimate of drug-likeness (QED) is 0.809. The summed E-state index contributed by atoms with van der Waals surface area (Å²) >= 11 is 0. The Morgan fingerprint density at radius 2 is 2.24 bits per heavy atom. The van der Waals surface area contributed by atoms with Crippen molar-refractivity contribution in [3.63, 3.8) is 0 Å². The Bertz CT molecular complexity index is 594. The molecular formula is C14H16N2O. The normalized spacial score (nSPS) is 15.4. The van der Waals surface area contributed by atoms with Crippen molar-refractivity contribution in [1.82, 2.24) is 9.55 Å². The number of hydrogen-bond acceptors (Lipinski definition) is 2. The van der Waals surface area contributed by atoms with E-state index < -0.39 is 0 Å². The van der Waals surface area contributed by atoms with Gasteiger partial charge < -0.3 is 4.57 Å². The van der Waals surface area contributed by atoms with E-state index in [2.05, 4.69) is 28.6 Å². The van der Waals surface area contributed by atoms with Crippen LogP contribution in [-0.4, -0.2) is 15.3 Å². The fraction of sp³-hybridized carbons (Fsp3) is 0.429. The van der Waals surface area contributed by atoms with Crippen molar-refractivity contribution in [1.29, 1.82) is 0 Å². The van der Waals surface area contributed by atoms with Crippen LogP contribution in [0.3, 0.4) is 0 Å². The molecular weight excluding hydrogens is 212 g/mol. The Morgan fingerprint density at radius 3 is 2.88 bits per heavy atom. The van der Waals surface area contributed by atoms with E-state index in [4.69, 9.17) is 0 Å². The van der Waals surface area contributed by atoms with E-state index in [0.29, 0.717) is 12.5 Å². The first-order chi connectivity index (χ1) is 8.15. The molecule has 0 unspecified atom stereocenters. The number of carbonyl (C=O) groups excluding carboxylic acids is 1. The molecule has 3 rings (SSSR count). The molecule has 0 bridgehead atoms. The fourth-order valence-corrected chi connectivity index (χ4v) is 2.34. The zero-order valence-electron chi connectivity index (χ0n) is 10.2. The lowest BCUT2D eigenvalue weighted by molar-refractivity contribution is -0.116. The molecule has 1 aromatic heterocycles. The summed E-state index contributed by atoms with van der Waals surface area (Å²) < 4.78 is 2.27. The van der Waals surface area contributed by atoms with Crippen LogP contribution in [0, 0.1) is 6.92 Å². The topological polar surface area (TPSA) is 34.9 Å². The smallest absolute Gasteiger partial charge is 0.137 e. The fourth-order valence-electron chi connectivity index (χ4n) is 2.34. The molecule has 1 fully saturated rings. The molecule has 0 N–H and O–H groups in total. The van der Waals surface area contributed by atoms with Crippen LogP contribution in [0.25, 0.3) is 11.0 Å². The molecule has 1 aliphatic carbocycles. The molecule has 3 heteroatoms. The number of aryl methyl sites for hydroxylation is 1. The number of fused-ring (bicyclic) bond motifs is 1. The third kappa shape index (κ3) is 1.86. The molecule has 1 aliphatic rings. The van der Waals surface area contributed by atoms with E-state index in [9.17, 15) is 4.79 Å². The van der Waals surface area contributed by atoms with E-state index in [1.807, 2.05) is 6.07 Å². The molecule has 17 heavy (non-hydrogen) atoms. The highest BCUT2D eigenvalue weighted by Crippen LogP contribution is 2.38. The maximum absolute atomic E-state index is 11.3. The van der Waals surface area contributed by atoms with Gasteiger partial charge in [0, 0.05) is 6.04 Å². The molecule has 3 nitrogen and oxygen atoms in total. The number of nitrogens with zero attached hydrogens (tertiary/aromatic N) is 2. The number of benzene rings is 1. The number of carbonyl (C=O) groups is 1. The van der Waals surface area contributed by atoms with Crippen LogP contribution in [0.5, 0.6) is 0 Å². The van der Waals surface area contributed by atoms with Crippen molar-refractivity contribution in [2.24, 2.45) is 0 Å². The number of rotatable bonds is 3. The average Bonchev–Trinajstić information content (AvgIpc) is 3.01. The lowest BCUT2D eigenvalue weighted by Crippen LogP contribution is -2.06. The van der Waals surface area contributed by atoms with Crippen LogP contribution in [0.15, 0.2) is 18.2 Å². The summed E-state index contributed by atoms with van der Waals surface area (Å²) in [7, 11) is 0. The van der Waals surface area contributed by atoms with Gasteiger partial charge in [-0.3, -0.25) is 4.79 Å². The van der Waals surface area contributed by atoms with Crippen molar-refractivity contribution in [3.05, 3.63) is 29.6 Å². The largest absolute Gasteiger partial charge is 0.324 e. The molecule has 0 saturated heterocycles. The van der Waals surface area contributed by atoms with Gasteiger partial charge in [0.2, 0.25) is 0 Å². The van der Waals surface area contributed by atoms with Gasteiger partial charge >= 0.3 is 0 Å². The second kappa shape index (κ2) is 3.69. The monoisotopic (exact) mass is 228 g/mol. The molecule has 0 amide bonds. The van der Waals surface area contributed by atoms with Crippen molar-refractivity contribution in [2.45, 2.75) is 39.2 Å². The van der Waals surface area contributed by atoms with E-state index in [1.54, 1.807) is 6.92 Å². The van der Waals surface area contributed by atoms with Crippen LogP contribution < -0.4 is 0 Å². The number of hydrogen-bond donors (Lipinski definition) is 0. The minimum atomic E-state index is 0.180. The highest BCUT2D eigenvalue weighted by molar-refractivity contribution is 5.81. The van der Waals surface area contributed by atoms with E-state index >= 15 is 0 Å². The molecule has 88 valence electrons. The zero-order chi connectivity index (χ0) is 12.0. The highest BCUT2D eigenvalue weighted by Gasteiger charge is 2.28. The van der Waals surface area contributed by atoms with Crippen LogP contribution in [0.1, 0.15) is 37.2 Å². The first-order valence-corrected chi connectivity index (χ1v) is 6.12. The first-order valence-electron chi connectivity index (χ1n) is 6.12. The molecule has 0 spiro atoms. The number of Topliss-reactive ketones (excluding diaryl/α,β-unsaturated/α-hetero) is 1. The molecule has 1 heterocycles. The van der Waals surface area contributed by atoms with E-state index in [0.717, 1.165) is 11.3 Å². The van der Waals surface area contributed by atoms with Crippen LogP contribution >= 0.6 is 0 Å². The van der Waals surface area contributed by atoms with Gasteiger partial charge in [0.15, 0.2) is 0 Å².